The zero-order valence-electron chi connectivity index (χ0n) is 11.8. The minimum Gasteiger partial charge on any atom is -0.480 e. The van der Waals surface area contributed by atoms with Gasteiger partial charge in [0.25, 0.3) is 5.91 Å². The molecule has 5 nitrogen and oxygen atoms in total. The van der Waals surface area contributed by atoms with Gasteiger partial charge >= 0.3 is 5.97 Å². The first-order chi connectivity index (χ1) is 9.60. The second kappa shape index (κ2) is 6.35. The summed E-state index contributed by atoms with van der Waals surface area (Å²) in [6, 6.07) is 2.89. The summed E-state index contributed by atoms with van der Waals surface area (Å²) in [5, 5.41) is 9.25. The molecule has 2 heterocycles. The lowest BCUT2D eigenvalue weighted by molar-refractivity contribution is -0.141. The quantitative estimate of drug-likeness (QED) is 0.905. The fraction of sp³-hybridized carbons (Fsp3) is 0.571. The Hall–Kier alpha value is -1.43. The third-order valence-corrected chi connectivity index (χ3v) is 4.93. The molecule has 1 amide bonds. The van der Waals surface area contributed by atoms with Crippen molar-refractivity contribution in [3.8, 4) is 0 Å². The summed E-state index contributed by atoms with van der Waals surface area (Å²) in [5.41, 5.74) is 0.582. The van der Waals surface area contributed by atoms with E-state index < -0.39 is 12.0 Å². The number of carbonyl (C=O) groups is 2. The Kier molecular flexibility index (Phi) is 4.75. The second-order valence-corrected chi connectivity index (χ2v) is 6.06. The molecule has 0 spiro atoms. The maximum atomic E-state index is 12.7. The average molecular weight is 296 g/mol. The van der Waals surface area contributed by atoms with Crippen LogP contribution in [0.4, 0.5) is 0 Å². The number of aromatic nitrogens is 1. The Balaban J connectivity index is 2.28. The molecule has 0 bridgehead atoms. The van der Waals surface area contributed by atoms with Crippen LogP contribution in [0.15, 0.2) is 18.3 Å². The largest absolute Gasteiger partial charge is 0.480 e. The number of hydrogen-bond acceptors (Lipinski definition) is 3. The van der Waals surface area contributed by atoms with Gasteiger partial charge in [-0.1, -0.05) is 13.8 Å². The summed E-state index contributed by atoms with van der Waals surface area (Å²) < 4.78 is 1.90. The lowest BCUT2D eigenvalue weighted by Crippen LogP contribution is -2.46. The summed E-state index contributed by atoms with van der Waals surface area (Å²) in [6.07, 6.45) is 3.56. The molecule has 0 saturated carbocycles. The van der Waals surface area contributed by atoms with Crippen molar-refractivity contribution in [3.63, 3.8) is 0 Å². The SMILES string of the molecule is CCCn1cccc1C(=O)N1C(CC)SCC1C(=O)O. The predicted octanol–water partition coefficient (Wildman–Crippen LogP) is 2.28. The number of aryl methyl sites for hydroxylation is 1. The van der Waals surface area contributed by atoms with Gasteiger partial charge in [0, 0.05) is 18.5 Å². The van der Waals surface area contributed by atoms with Crippen LogP contribution in [0.2, 0.25) is 0 Å². The second-order valence-electron chi connectivity index (χ2n) is 4.85. The maximum Gasteiger partial charge on any atom is 0.327 e. The van der Waals surface area contributed by atoms with Crippen molar-refractivity contribution in [2.75, 3.05) is 5.75 Å². The van der Waals surface area contributed by atoms with Crippen LogP contribution in [-0.2, 0) is 11.3 Å². The number of rotatable bonds is 5. The molecule has 0 radical (unpaired) electrons. The van der Waals surface area contributed by atoms with E-state index in [1.807, 2.05) is 23.8 Å². The van der Waals surface area contributed by atoms with Crippen molar-refractivity contribution in [1.29, 1.82) is 0 Å². The highest BCUT2D eigenvalue weighted by Gasteiger charge is 2.41. The van der Waals surface area contributed by atoms with Crippen LogP contribution in [0.3, 0.4) is 0 Å². The van der Waals surface area contributed by atoms with Gasteiger partial charge in [0.1, 0.15) is 11.7 Å². The van der Waals surface area contributed by atoms with Crippen molar-refractivity contribution in [2.24, 2.45) is 0 Å². The molecule has 1 aromatic rings. The lowest BCUT2D eigenvalue weighted by Gasteiger charge is -2.27. The van der Waals surface area contributed by atoms with Gasteiger partial charge in [-0.25, -0.2) is 4.79 Å². The van der Waals surface area contributed by atoms with Gasteiger partial charge in [-0.2, -0.15) is 0 Å². The maximum absolute atomic E-state index is 12.7. The van der Waals surface area contributed by atoms with Crippen LogP contribution in [0.5, 0.6) is 0 Å². The first-order valence-corrected chi connectivity index (χ1v) is 7.97. The Morgan fingerprint density at radius 3 is 2.80 bits per heavy atom. The van der Waals surface area contributed by atoms with Gasteiger partial charge < -0.3 is 14.6 Å². The van der Waals surface area contributed by atoms with Crippen LogP contribution < -0.4 is 0 Å². The fourth-order valence-corrected chi connectivity index (χ4v) is 3.86. The van der Waals surface area contributed by atoms with Crippen molar-refractivity contribution in [2.45, 2.75) is 44.6 Å². The highest BCUT2D eigenvalue weighted by atomic mass is 32.2. The van der Waals surface area contributed by atoms with E-state index in [4.69, 9.17) is 0 Å². The van der Waals surface area contributed by atoms with Gasteiger partial charge in [-0.3, -0.25) is 4.79 Å². The summed E-state index contributed by atoms with van der Waals surface area (Å²) in [7, 11) is 0. The molecule has 1 aliphatic heterocycles. The Labute approximate surface area is 122 Å². The molecule has 2 unspecified atom stereocenters. The van der Waals surface area contributed by atoms with Crippen molar-refractivity contribution >= 4 is 23.6 Å². The van der Waals surface area contributed by atoms with E-state index in [-0.39, 0.29) is 11.3 Å². The van der Waals surface area contributed by atoms with E-state index >= 15 is 0 Å². The molecule has 1 N–H and O–H groups in total. The number of carboxylic acids is 1. The summed E-state index contributed by atoms with van der Waals surface area (Å²) >= 11 is 1.55. The molecule has 1 saturated heterocycles. The molecular weight excluding hydrogens is 276 g/mol. The molecule has 1 fully saturated rings. The number of hydrogen-bond donors (Lipinski definition) is 1. The van der Waals surface area contributed by atoms with E-state index in [0.717, 1.165) is 19.4 Å². The highest BCUT2D eigenvalue weighted by molar-refractivity contribution is 8.00. The summed E-state index contributed by atoms with van der Waals surface area (Å²) in [6.45, 7) is 4.80. The number of carboxylic acid groups (broad SMARTS) is 1. The molecule has 0 aromatic carbocycles. The Morgan fingerprint density at radius 2 is 2.20 bits per heavy atom. The van der Waals surface area contributed by atoms with E-state index in [2.05, 4.69) is 6.92 Å². The average Bonchev–Trinajstić information content (AvgIpc) is 3.04. The Bertz CT molecular complexity index is 500. The van der Waals surface area contributed by atoms with Crippen LogP contribution in [0.1, 0.15) is 37.2 Å². The number of nitrogens with zero attached hydrogens (tertiary/aromatic N) is 2. The summed E-state index contributed by atoms with van der Waals surface area (Å²) in [4.78, 5) is 25.6. The minimum atomic E-state index is -0.921. The van der Waals surface area contributed by atoms with Crippen molar-refractivity contribution in [1.82, 2.24) is 9.47 Å². The molecule has 110 valence electrons. The van der Waals surface area contributed by atoms with E-state index in [0.29, 0.717) is 11.4 Å². The first-order valence-electron chi connectivity index (χ1n) is 6.92. The van der Waals surface area contributed by atoms with Crippen LogP contribution in [0.25, 0.3) is 0 Å². The van der Waals surface area contributed by atoms with Crippen LogP contribution >= 0.6 is 11.8 Å². The zero-order chi connectivity index (χ0) is 14.7. The number of carbonyl (C=O) groups excluding carboxylic acids is 1. The van der Waals surface area contributed by atoms with Crippen molar-refractivity contribution in [3.05, 3.63) is 24.0 Å². The molecule has 1 aliphatic rings. The number of thioether (sulfide) groups is 1. The van der Waals surface area contributed by atoms with Crippen molar-refractivity contribution < 1.29 is 14.7 Å². The smallest absolute Gasteiger partial charge is 0.327 e. The molecule has 6 heteroatoms. The lowest BCUT2D eigenvalue weighted by atomic mass is 10.2. The van der Waals surface area contributed by atoms with Gasteiger partial charge in [-0.05, 0) is 25.0 Å². The molecular formula is C14H20N2O3S. The van der Waals surface area contributed by atoms with Gasteiger partial charge in [0.15, 0.2) is 0 Å². The van der Waals surface area contributed by atoms with E-state index in [1.54, 1.807) is 17.8 Å². The molecule has 1 aromatic heterocycles. The molecule has 0 aliphatic carbocycles. The van der Waals surface area contributed by atoms with Crippen LogP contribution in [0, 0.1) is 0 Å². The fourth-order valence-electron chi connectivity index (χ4n) is 2.52. The monoisotopic (exact) mass is 296 g/mol. The van der Waals surface area contributed by atoms with Gasteiger partial charge in [0.2, 0.25) is 0 Å². The third-order valence-electron chi connectivity index (χ3n) is 3.47. The third kappa shape index (κ3) is 2.70. The van der Waals surface area contributed by atoms with E-state index in [1.165, 1.54) is 4.90 Å². The normalized spacial score (nSPS) is 22.2. The highest BCUT2D eigenvalue weighted by Crippen LogP contribution is 2.32. The molecule has 20 heavy (non-hydrogen) atoms. The predicted molar refractivity (Wildman–Crippen MR) is 78.9 cm³/mol. The summed E-state index contributed by atoms with van der Waals surface area (Å²) in [5.74, 6) is -0.628. The van der Waals surface area contributed by atoms with Gasteiger partial charge in [-0.15, -0.1) is 11.8 Å². The zero-order valence-corrected chi connectivity index (χ0v) is 12.6. The standard InChI is InChI=1S/C14H20N2O3S/c1-3-7-15-8-5-6-10(15)13(17)16-11(14(18)19)9-20-12(16)4-2/h5-6,8,11-12H,3-4,7,9H2,1-2H3,(H,18,19). The molecule has 2 atom stereocenters. The van der Waals surface area contributed by atoms with Crippen LogP contribution in [-0.4, -0.2) is 43.6 Å². The number of aliphatic carboxylic acids is 1. The molecule has 2 rings (SSSR count). The first kappa shape index (κ1) is 15.0. The minimum absolute atomic E-state index is 0.0476. The topological polar surface area (TPSA) is 62.5 Å². The van der Waals surface area contributed by atoms with E-state index in [9.17, 15) is 14.7 Å². The Morgan fingerprint density at radius 1 is 1.45 bits per heavy atom. The number of amides is 1. The van der Waals surface area contributed by atoms with Gasteiger partial charge in [0.05, 0.1) is 5.37 Å².